The van der Waals surface area contributed by atoms with Crippen LogP contribution in [0.2, 0.25) is 5.15 Å². The Morgan fingerprint density at radius 2 is 2.00 bits per heavy atom. The molecule has 82 valence electrons. The van der Waals surface area contributed by atoms with E-state index < -0.39 is 0 Å². The zero-order chi connectivity index (χ0) is 11.4. The summed E-state index contributed by atoms with van der Waals surface area (Å²) in [5.41, 5.74) is 2.17. The highest BCUT2D eigenvalue weighted by atomic mass is 35.5. The van der Waals surface area contributed by atoms with E-state index in [0.29, 0.717) is 11.0 Å². The van der Waals surface area contributed by atoms with Crippen molar-refractivity contribution in [3.05, 3.63) is 28.2 Å². The Kier molecular flexibility index (Phi) is 4.09. The maximum atomic E-state index is 5.95. The van der Waals surface area contributed by atoms with Crippen LogP contribution in [-0.2, 0) is 0 Å². The van der Waals surface area contributed by atoms with Gasteiger partial charge in [0.15, 0.2) is 0 Å². The van der Waals surface area contributed by atoms with Crippen LogP contribution >= 0.6 is 11.6 Å². The van der Waals surface area contributed by atoms with Crippen LogP contribution in [0.4, 0.5) is 5.82 Å². The van der Waals surface area contributed by atoms with Crippen molar-refractivity contribution < 1.29 is 0 Å². The second-order valence-electron chi connectivity index (χ2n) is 3.70. The first kappa shape index (κ1) is 12.0. The summed E-state index contributed by atoms with van der Waals surface area (Å²) in [6.07, 6.45) is 2.10. The number of hydrogen-bond acceptors (Lipinski definition) is 3. The SMILES string of the molecule is CC(C)=CCNc1nc(C)nc(Cl)c1C. The maximum absolute atomic E-state index is 5.95. The molecule has 0 unspecified atom stereocenters. The van der Waals surface area contributed by atoms with Crippen molar-refractivity contribution in [2.45, 2.75) is 27.7 Å². The molecule has 1 N–H and O–H groups in total. The summed E-state index contributed by atoms with van der Waals surface area (Å²) in [5, 5.41) is 3.73. The van der Waals surface area contributed by atoms with E-state index in [-0.39, 0.29) is 0 Å². The van der Waals surface area contributed by atoms with Crippen molar-refractivity contribution in [1.29, 1.82) is 0 Å². The van der Waals surface area contributed by atoms with Crippen molar-refractivity contribution >= 4 is 17.4 Å². The average molecular weight is 226 g/mol. The lowest BCUT2D eigenvalue weighted by Crippen LogP contribution is -2.05. The van der Waals surface area contributed by atoms with Crippen molar-refractivity contribution in [3.8, 4) is 0 Å². The molecule has 0 radical (unpaired) electrons. The number of allylic oxidation sites excluding steroid dienone is 1. The lowest BCUT2D eigenvalue weighted by Gasteiger charge is -2.08. The fourth-order valence-corrected chi connectivity index (χ4v) is 1.33. The third kappa shape index (κ3) is 3.51. The van der Waals surface area contributed by atoms with Gasteiger partial charge in [0.25, 0.3) is 0 Å². The predicted octanol–water partition coefficient (Wildman–Crippen LogP) is 3.12. The summed E-state index contributed by atoms with van der Waals surface area (Å²) in [5.74, 6) is 1.50. The normalized spacial score (nSPS) is 9.93. The molecule has 0 aliphatic rings. The molecule has 0 saturated heterocycles. The van der Waals surface area contributed by atoms with Gasteiger partial charge in [-0.15, -0.1) is 0 Å². The zero-order valence-electron chi connectivity index (χ0n) is 9.56. The van der Waals surface area contributed by atoms with Crippen LogP contribution in [0, 0.1) is 13.8 Å². The summed E-state index contributed by atoms with van der Waals surface area (Å²) in [6.45, 7) is 8.62. The van der Waals surface area contributed by atoms with Crippen molar-refractivity contribution in [2.75, 3.05) is 11.9 Å². The molecule has 0 atom stereocenters. The average Bonchev–Trinajstić information content (AvgIpc) is 2.12. The first-order valence-electron chi connectivity index (χ1n) is 4.88. The van der Waals surface area contributed by atoms with E-state index in [0.717, 1.165) is 17.9 Å². The van der Waals surface area contributed by atoms with E-state index in [1.54, 1.807) is 0 Å². The van der Waals surface area contributed by atoms with Crippen molar-refractivity contribution in [3.63, 3.8) is 0 Å². The molecule has 0 saturated carbocycles. The Balaban J connectivity index is 2.81. The van der Waals surface area contributed by atoms with Gasteiger partial charge in [-0.2, -0.15) is 0 Å². The molecule has 0 fully saturated rings. The molecule has 0 bridgehead atoms. The topological polar surface area (TPSA) is 37.8 Å². The number of rotatable bonds is 3. The minimum absolute atomic E-state index is 0.516. The Hall–Kier alpha value is -1.09. The monoisotopic (exact) mass is 225 g/mol. The lowest BCUT2D eigenvalue weighted by atomic mass is 10.3. The Morgan fingerprint density at radius 3 is 2.60 bits per heavy atom. The Bertz CT molecular complexity index is 382. The number of aryl methyl sites for hydroxylation is 1. The second kappa shape index (κ2) is 5.12. The summed E-state index contributed by atoms with van der Waals surface area (Å²) in [7, 11) is 0. The molecule has 0 aliphatic carbocycles. The van der Waals surface area contributed by atoms with E-state index in [2.05, 4.69) is 35.2 Å². The molecule has 1 rings (SSSR count). The molecule has 0 aromatic carbocycles. The van der Waals surface area contributed by atoms with Crippen molar-refractivity contribution in [2.24, 2.45) is 0 Å². The molecule has 0 aliphatic heterocycles. The Labute approximate surface area is 95.6 Å². The standard InChI is InChI=1S/C11H16ClN3/c1-7(2)5-6-13-11-8(3)10(12)14-9(4)15-11/h5H,6H2,1-4H3,(H,13,14,15). The van der Waals surface area contributed by atoms with Gasteiger partial charge in [0.2, 0.25) is 0 Å². The molecule has 0 spiro atoms. The highest BCUT2D eigenvalue weighted by Crippen LogP contribution is 2.19. The number of nitrogens with one attached hydrogen (secondary N) is 1. The zero-order valence-corrected chi connectivity index (χ0v) is 10.3. The smallest absolute Gasteiger partial charge is 0.137 e. The second-order valence-corrected chi connectivity index (χ2v) is 4.06. The molecule has 1 heterocycles. The molecular formula is C11H16ClN3. The Morgan fingerprint density at radius 1 is 1.33 bits per heavy atom. The molecule has 1 aromatic heterocycles. The molecular weight excluding hydrogens is 210 g/mol. The molecule has 0 amide bonds. The van der Waals surface area contributed by atoms with Gasteiger partial charge in [-0.3, -0.25) is 0 Å². The van der Waals surface area contributed by atoms with Crippen LogP contribution in [0.25, 0.3) is 0 Å². The van der Waals surface area contributed by atoms with E-state index in [1.807, 2.05) is 13.8 Å². The van der Waals surface area contributed by atoms with E-state index >= 15 is 0 Å². The van der Waals surface area contributed by atoms with Gasteiger partial charge < -0.3 is 5.32 Å². The van der Waals surface area contributed by atoms with Crippen molar-refractivity contribution in [1.82, 2.24) is 9.97 Å². The minimum Gasteiger partial charge on any atom is -0.366 e. The maximum Gasteiger partial charge on any atom is 0.137 e. The lowest BCUT2D eigenvalue weighted by molar-refractivity contribution is 1.02. The summed E-state index contributed by atoms with van der Waals surface area (Å²) in [4.78, 5) is 8.37. The third-order valence-corrected chi connectivity index (χ3v) is 2.35. The molecule has 4 heteroatoms. The minimum atomic E-state index is 0.516. The van der Waals surface area contributed by atoms with Crippen LogP contribution < -0.4 is 5.32 Å². The summed E-state index contributed by atoms with van der Waals surface area (Å²) in [6, 6.07) is 0. The van der Waals surface area contributed by atoms with Gasteiger partial charge in [0.05, 0.1) is 0 Å². The van der Waals surface area contributed by atoms with E-state index in [9.17, 15) is 0 Å². The third-order valence-electron chi connectivity index (χ3n) is 1.98. The van der Waals surface area contributed by atoms with Gasteiger partial charge in [0, 0.05) is 12.1 Å². The number of anilines is 1. The molecule has 15 heavy (non-hydrogen) atoms. The van der Waals surface area contributed by atoms with Gasteiger partial charge in [-0.25, -0.2) is 9.97 Å². The number of hydrogen-bond donors (Lipinski definition) is 1. The summed E-state index contributed by atoms with van der Waals surface area (Å²) < 4.78 is 0. The van der Waals surface area contributed by atoms with E-state index in [4.69, 9.17) is 11.6 Å². The highest BCUT2D eigenvalue weighted by Gasteiger charge is 2.05. The van der Waals surface area contributed by atoms with Gasteiger partial charge >= 0.3 is 0 Å². The van der Waals surface area contributed by atoms with Crippen LogP contribution in [-0.4, -0.2) is 16.5 Å². The molecule has 1 aromatic rings. The first-order valence-corrected chi connectivity index (χ1v) is 5.26. The highest BCUT2D eigenvalue weighted by molar-refractivity contribution is 6.30. The molecule has 3 nitrogen and oxygen atoms in total. The quantitative estimate of drug-likeness (QED) is 0.635. The van der Waals surface area contributed by atoms with Gasteiger partial charge in [-0.1, -0.05) is 23.3 Å². The van der Waals surface area contributed by atoms with Gasteiger partial charge in [-0.05, 0) is 27.7 Å². The van der Waals surface area contributed by atoms with Crippen LogP contribution in [0.5, 0.6) is 0 Å². The van der Waals surface area contributed by atoms with E-state index in [1.165, 1.54) is 5.57 Å². The number of nitrogens with zero attached hydrogens (tertiary/aromatic N) is 2. The fraction of sp³-hybridized carbons (Fsp3) is 0.455. The van der Waals surface area contributed by atoms with Crippen LogP contribution in [0.3, 0.4) is 0 Å². The number of aromatic nitrogens is 2. The van der Waals surface area contributed by atoms with Crippen LogP contribution in [0.15, 0.2) is 11.6 Å². The van der Waals surface area contributed by atoms with Gasteiger partial charge in [0.1, 0.15) is 16.8 Å². The summed E-state index contributed by atoms with van der Waals surface area (Å²) >= 11 is 5.95. The predicted molar refractivity (Wildman–Crippen MR) is 64.4 cm³/mol. The fourth-order valence-electron chi connectivity index (χ4n) is 1.12. The largest absolute Gasteiger partial charge is 0.366 e. The first-order chi connectivity index (χ1) is 7.00. The van der Waals surface area contributed by atoms with Crippen LogP contribution in [0.1, 0.15) is 25.2 Å². The number of halogens is 1.